The van der Waals surface area contributed by atoms with Crippen molar-refractivity contribution in [3.63, 3.8) is 0 Å². The van der Waals surface area contributed by atoms with Crippen molar-refractivity contribution in [3.8, 4) is 0 Å². The van der Waals surface area contributed by atoms with E-state index >= 15 is 0 Å². The molecule has 0 saturated heterocycles. The summed E-state index contributed by atoms with van der Waals surface area (Å²) >= 11 is 0. The van der Waals surface area contributed by atoms with E-state index in [1.807, 2.05) is 0 Å². The highest BCUT2D eigenvalue weighted by Crippen LogP contribution is 2.10. The molecular formula is C23H31N5O4. The number of carbonyl (C=O) groups excluding carboxylic acids is 3. The molecule has 2 aromatic rings. The molecule has 0 aliphatic heterocycles. The number of carbonyl (C=O) groups is 3. The molecule has 0 fully saturated rings. The number of hydrogen-bond acceptors (Lipinski definition) is 6. The largest absolute Gasteiger partial charge is 0.444 e. The molecule has 0 bridgehead atoms. The number of anilines is 2. The third kappa shape index (κ3) is 8.95. The van der Waals surface area contributed by atoms with E-state index in [0.29, 0.717) is 11.4 Å². The summed E-state index contributed by atoms with van der Waals surface area (Å²) in [6.07, 6.45) is -0.747. The minimum atomic E-state index is -0.768. The summed E-state index contributed by atoms with van der Waals surface area (Å²) in [7, 11) is 0. The van der Waals surface area contributed by atoms with Crippen molar-refractivity contribution in [1.29, 1.82) is 0 Å². The molecule has 6 N–H and O–H groups in total. The molecule has 2 aromatic carbocycles. The molecule has 0 aromatic heterocycles. The number of rotatable bonds is 8. The van der Waals surface area contributed by atoms with E-state index < -0.39 is 23.5 Å². The van der Waals surface area contributed by atoms with Crippen LogP contribution in [0.3, 0.4) is 0 Å². The van der Waals surface area contributed by atoms with Crippen molar-refractivity contribution in [1.82, 2.24) is 15.5 Å². The van der Waals surface area contributed by atoms with Gasteiger partial charge < -0.3 is 26.8 Å². The number of hydrogen-bond donors (Lipinski definition) is 4. The molecule has 32 heavy (non-hydrogen) atoms. The zero-order chi connectivity index (χ0) is 23.7. The van der Waals surface area contributed by atoms with Crippen molar-refractivity contribution >= 4 is 29.3 Å². The van der Waals surface area contributed by atoms with Crippen LogP contribution in [-0.2, 0) is 27.4 Å². The molecule has 9 heteroatoms. The van der Waals surface area contributed by atoms with Crippen LogP contribution < -0.4 is 22.1 Å². The first-order chi connectivity index (χ1) is 15.0. The van der Waals surface area contributed by atoms with E-state index in [-0.39, 0.29) is 26.2 Å². The van der Waals surface area contributed by atoms with Gasteiger partial charge in [-0.05, 0) is 56.2 Å². The van der Waals surface area contributed by atoms with Gasteiger partial charge in [-0.3, -0.25) is 14.5 Å². The zero-order valence-corrected chi connectivity index (χ0v) is 18.7. The van der Waals surface area contributed by atoms with Crippen LogP contribution in [0.2, 0.25) is 0 Å². The van der Waals surface area contributed by atoms with E-state index in [1.165, 1.54) is 0 Å². The second kappa shape index (κ2) is 11.0. The fourth-order valence-corrected chi connectivity index (χ4v) is 2.64. The van der Waals surface area contributed by atoms with Crippen LogP contribution in [0.4, 0.5) is 16.2 Å². The maximum atomic E-state index is 12.6. The van der Waals surface area contributed by atoms with E-state index in [0.717, 1.165) is 16.0 Å². The number of nitrogen functional groups attached to an aromatic ring is 2. The summed E-state index contributed by atoms with van der Waals surface area (Å²) in [6.45, 7) is 5.04. The number of nitrogens with one attached hydrogen (secondary N) is 2. The second-order valence-corrected chi connectivity index (χ2v) is 8.37. The predicted octanol–water partition coefficient (Wildman–Crippen LogP) is 2.02. The maximum Gasteiger partial charge on any atom is 0.411 e. The minimum Gasteiger partial charge on any atom is -0.444 e. The molecule has 3 amide bonds. The Balaban J connectivity index is 1.95. The van der Waals surface area contributed by atoms with Crippen LogP contribution in [0, 0.1) is 0 Å². The van der Waals surface area contributed by atoms with Crippen molar-refractivity contribution in [2.45, 2.75) is 39.5 Å². The standard InChI is InChI=1S/C23H31N5O4/c1-23(2,3)32-22(31)28(14-20(29)26-12-16-4-8-18(24)9-5-16)15-21(30)27-13-17-6-10-19(25)11-7-17/h4-11H,12-15,24-25H2,1-3H3,(H,26,29)(H,27,30). The van der Waals surface area contributed by atoms with Crippen molar-refractivity contribution in [2.24, 2.45) is 0 Å². The fourth-order valence-electron chi connectivity index (χ4n) is 2.64. The van der Waals surface area contributed by atoms with Gasteiger partial charge in [-0.15, -0.1) is 0 Å². The molecular weight excluding hydrogens is 410 g/mol. The van der Waals surface area contributed by atoms with Gasteiger partial charge >= 0.3 is 6.09 Å². The highest BCUT2D eigenvalue weighted by atomic mass is 16.6. The Bertz CT molecular complexity index is 857. The smallest absolute Gasteiger partial charge is 0.411 e. The number of amides is 3. The number of benzene rings is 2. The van der Waals surface area contributed by atoms with E-state index in [9.17, 15) is 14.4 Å². The lowest BCUT2D eigenvalue weighted by Gasteiger charge is -2.26. The Morgan fingerprint density at radius 3 is 1.50 bits per heavy atom. The second-order valence-electron chi connectivity index (χ2n) is 8.37. The first-order valence-electron chi connectivity index (χ1n) is 10.2. The van der Waals surface area contributed by atoms with Crippen LogP contribution in [0.5, 0.6) is 0 Å². The third-order valence-electron chi connectivity index (χ3n) is 4.26. The minimum absolute atomic E-state index is 0.268. The van der Waals surface area contributed by atoms with Crippen LogP contribution in [0.25, 0.3) is 0 Å². The van der Waals surface area contributed by atoms with E-state index in [4.69, 9.17) is 16.2 Å². The summed E-state index contributed by atoms with van der Waals surface area (Å²) in [5.41, 5.74) is 13.5. The molecule has 0 unspecified atom stereocenters. The Morgan fingerprint density at radius 2 is 1.16 bits per heavy atom. The summed E-state index contributed by atoms with van der Waals surface area (Å²) < 4.78 is 5.35. The van der Waals surface area contributed by atoms with Gasteiger partial charge in [-0.1, -0.05) is 24.3 Å². The maximum absolute atomic E-state index is 12.6. The van der Waals surface area contributed by atoms with Gasteiger partial charge in [-0.25, -0.2) is 4.79 Å². The van der Waals surface area contributed by atoms with Gasteiger partial charge in [0, 0.05) is 24.5 Å². The number of nitrogens with two attached hydrogens (primary N) is 2. The number of ether oxygens (including phenoxy) is 1. The molecule has 172 valence electrons. The summed E-state index contributed by atoms with van der Waals surface area (Å²) in [4.78, 5) is 38.5. The highest BCUT2D eigenvalue weighted by Gasteiger charge is 2.25. The van der Waals surface area contributed by atoms with Crippen molar-refractivity contribution in [2.75, 3.05) is 24.6 Å². The Hall–Kier alpha value is -3.75. The molecule has 0 aliphatic rings. The topological polar surface area (TPSA) is 140 Å². The molecule has 0 spiro atoms. The first kappa shape index (κ1) is 24.5. The van der Waals surface area contributed by atoms with E-state index in [2.05, 4.69) is 10.6 Å². The van der Waals surface area contributed by atoms with Gasteiger partial charge in [0.05, 0.1) is 0 Å². The molecule has 0 radical (unpaired) electrons. The summed E-state index contributed by atoms with van der Waals surface area (Å²) in [5, 5.41) is 5.46. The number of nitrogens with zero attached hydrogens (tertiary/aromatic N) is 1. The highest BCUT2D eigenvalue weighted by molar-refractivity contribution is 5.86. The molecule has 9 nitrogen and oxygen atoms in total. The van der Waals surface area contributed by atoms with Crippen LogP contribution >= 0.6 is 0 Å². The van der Waals surface area contributed by atoms with Gasteiger partial charge in [0.15, 0.2) is 0 Å². The first-order valence-corrected chi connectivity index (χ1v) is 10.2. The molecule has 0 atom stereocenters. The normalized spacial score (nSPS) is 10.8. The Kier molecular flexibility index (Phi) is 8.46. The molecule has 0 heterocycles. The molecule has 0 aliphatic carbocycles. The zero-order valence-electron chi connectivity index (χ0n) is 18.7. The quantitative estimate of drug-likeness (QED) is 0.462. The monoisotopic (exact) mass is 441 g/mol. The lowest BCUT2D eigenvalue weighted by atomic mass is 10.2. The van der Waals surface area contributed by atoms with Gasteiger partial charge in [0.1, 0.15) is 18.7 Å². The Labute approximate surface area is 188 Å². The Morgan fingerprint density at radius 1 is 0.781 bits per heavy atom. The van der Waals surface area contributed by atoms with Crippen LogP contribution in [0.15, 0.2) is 48.5 Å². The van der Waals surface area contributed by atoms with Crippen molar-refractivity contribution in [3.05, 3.63) is 59.7 Å². The summed E-state index contributed by atoms with van der Waals surface area (Å²) in [6, 6.07) is 14.1. The molecule has 0 saturated carbocycles. The van der Waals surface area contributed by atoms with Gasteiger partial charge in [0.25, 0.3) is 0 Å². The van der Waals surface area contributed by atoms with Crippen LogP contribution in [-0.4, -0.2) is 41.5 Å². The average Bonchev–Trinajstić information content (AvgIpc) is 2.71. The van der Waals surface area contributed by atoms with Gasteiger partial charge in [-0.2, -0.15) is 0 Å². The summed E-state index contributed by atoms with van der Waals surface area (Å²) in [5.74, 6) is -0.835. The lowest BCUT2D eigenvalue weighted by Crippen LogP contribution is -2.47. The SMILES string of the molecule is CC(C)(C)OC(=O)N(CC(=O)NCc1ccc(N)cc1)CC(=O)NCc1ccc(N)cc1. The third-order valence-corrected chi connectivity index (χ3v) is 4.26. The molecule has 2 rings (SSSR count). The lowest BCUT2D eigenvalue weighted by molar-refractivity contribution is -0.125. The van der Waals surface area contributed by atoms with Crippen LogP contribution in [0.1, 0.15) is 31.9 Å². The van der Waals surface area contributed by atoms with E-state index in [1.54, 1.807) is 69.3 Å². The van der Waals surface area contributed by atoms with Crippen molar-refractivity contribution < 1.29 is 19.1 Å². The van der Waals surface area contributed by atoms with Gasteiger partial charge in [0.2, 0.25) is 11.8 Å². The fraction of sp³-hybridized carbons (Fsp3) is 0.348. The predicted molar refractivity (Wildman–Crippen MR) is 123 cm³/mol. The average molecular weight is 442 g/mol.